The van der Waals surface area contributed by atoms with Gasteiger partial charge < -0.3 is 5.73 Å². The SMILES string of the molecule is CC(N)CCCS(=O)(=O)CCCC(F)(F)F. The van der Waals surface area contributed by atoms with Crippen LogP contribution in [-0.4, -0.2) is 32.1 Å². The third kappa shape index (κ3) is 10.2. The molecule has 0 heterocycles. The van der Waals surface area contributed by atoms with Crippen LogP contribution in [0.2, 0.25) is 0 Å². The number of rotatable bonds is 7. The van der Waals surface area contributed by atoms with Crippen LogP contribution in [0.15, 0.2) is 0 Å². The van der Waals surface area contributed by atoms with Crippen LogP contribution in [0, 0.1) is 0 Å². The second kappa shape index (κ2) is 6.44. The summed E-state index contributed by atoms with van der Waals surface area (Å²) < 4.78 is 57.9. The van der Waals surface area contributed by atoms with Gasteiger partial charge in [0.2, 0.25) is 0 Å². The molecule has 0 aliphatic heterocycles. The highest BCUT2D eigenvalue weighted by molar-refractivity contribution is 7.91. The van der Waals surface area contributed by atoms with E-state index in [4.69, 9.17) is 5.73 Å². The Hall–Kier alpha value is -0.300. The summed E-state index contributed by atoms with van der Waals surface area (Å²) in [6.45, 7) is 1.76. The Labute approximate surface area is 94.1 Å². The van der Waals surface area contributed by atoms with Crippen molar-refractivity contribution in [2.45, 2.75) is 44.8 Å². The Morgan fingerprint density at radius 2 is 1.69 bits per heavy atom. The molecule has 0 rings (SSSR count). The molecule has 0 fully saturated rings. The molecule has 1 unspecified atom stereocenters. The Kier molecular flexibility index (Phi) is 6.32. The maximum Gasteiger partial charge on any atom is 0.389 e. The molecule has 98 valence electrons. The van der Waals surface area contributed by atoms with Crippen LogP contribution >= 0.6 is 0 Å². The molecule has 7 heteroatoms. The normalized spacial score (nSPS) is 15.1. The third-order valence-corrected chi connectivity index (χ3v) is 3.85. The van der Waals surface area contributed by atoms with Crippen LogP contribution < -0.4 is 5.73 Å². The van der Waals surface area contributed by atoms with Crippen LogP contribution in [-0.2, 0) is 9.84 Å². The van der Waals surface area contributed by atoms with E-state index in [1.165, 1.54) is 0 Å². The van der Waals surface area contributed by atoms with E-state index in [0.717, 1.165) is 0 Å². The number of nitrogens with two attached hydrogens (primary N) is 1. The lowest BCUT2D eigenvalue weighted by Gasteiger charge is -2.07. The molecule has 0 radical (unpaired) electrons. The monoisotopic (exact) mass is 261 g/mol. The second-order valence-electron chi connectivity index (χ2n) is 3.99. The molecule has 0 aliphatic carbocycles. The summed E-state index contributed by atoms with van der Waals surface area (Å²) in [6, 6.07) is -0.0784. The summed E-state index contributed by atoms with van der Waals surface area (Å²) in [5, 5.41) is 0. The summed E-state index contributed by atoms with van der Waals surface area (Å²) in [5.74, 6) is -0.474. The van der Waals surface area contributed by atoms with Crippen molar-refractivity contribution in [2.24, 2.45) is 5.73 Å². The lowest BCUT2D eigenvalue weighted by atomic mass is 10.2. The van der Waals surface area contributed by atoms with Gasteiger partial charge in [-0.3, -0.25) is 0 Å². The zero-order valence-corrected chi connectivity index (χ0v) is 10.1. The smallest absolute Gasteiger partial charge is 0.328 e. The molecule has 16 heavy (non-hydrogen) atoms. The van der Waals surface area contributed by atoms with E-state index >= 15 is 0 Å². The van der Waals surface area contributed by atoms with Gasteiger partial charge in [0, 0.05) is 12.5 Å². The first kappa shape index (κ1) is 15.7. The third-order valence-electron chi connectivity index (χ3n) is 2.03. The van der Waals surface area contributed by atoms with Crippen LogP contribution in [0.3, 0.4) is 0 Å². The van der Waals surface area contributed by atoms with E-state index in [2.05, 4.69) is 0 Å². The predicted molar refractivity (Wildman–Crippen MR) is 56.8 cm³/mol. The van der Waals surface area contributed by atoms with Crippen LogP contribution in [0.4, 0.5) is 13.2 Å². The zero-order valence-electron chi connectivity index (χ0n) is 9.26. The van der Waals surface area contributed by atoms with Crippen LogP contribution in [0.1, 0.15) is 32.6 Å². The highest BCUT2D eigenvalue weighted by Crippen LogP contribution is 2.21. The molecule has 0 saturated heterocycles. The van der Waals surface area contributed by atoms with E-state index in [1.807, 2.05) is 0 Å². The molecule has 0 aliphatic rings. The van der Waals surface area contributed by atoms with Crippen molar-refractivity contribution >= 4 is 9.84 Å². The predicted octanol–water partition coefficient (Wildman–Crippen LogP) is 1.87. The summed E-state index contributed by atoms with van der Waals surface area (Å²) in [7, 11) is -3.36. The van der Waals surface area contributed by atoms with Gasteiger partial charge in [0.1, 0.15) is 9.84 Å². The number of alkyl halides is 3. The molecule has 0 bridgehead atoms. The first-order valence-electron chi connectivity index (χ1n) is 5.15. The minimum absolute atomic E-state index is 0.0770. The first-order valence-corrected chi connectivity index (χ1v) is 6.97. The van der Waals surface area contributed by atoms with Gasteiger partial charge in [-0.25, -0.2) is 8.42 Å². The Balaban J connectivity index is 3.80. The number of sulfone groups is 1. The highest BCUT2D eigenvalue weighted by atomic mass is 32.2. The van der Waals surface area contributed by atoms with Crippen molar-refractivity contribution in [1.82, 2.24) is 0 Å². The maximum atomic E-state index is 11.8. The first-order chi connectivity index (χ1) is 7.12. The average molecular weight is 261 g/mol. The van der Waals surface area contributed by atoms with Crippen molar-refractivity contribution in [2.75, 3.05) is 11.5 Å². The van der Waals surface area contributed by atoms with Gasteiger partial charge in [-0.05, 0) is 26.2 Å². The van der Waals surface area contributed by atoms with Crippen LogP contribution in [0.5, 0.6) is 0 Å². The lowest BCUT2D eigenvalue weighted by molar-refractivity contribution is -0.134. The number of hydrogen-bond donors (Lipinski definition) is 1. The standard InChI is InChI=1S/C9H18F3NO2S/c1-8(13)4-2-6-16(14,15)7-3-5-9(10,11)12/h8H,2-7,13H2,1H3. The Morgan fingerprint density at radius 1 is 1.19 bits per heavy atom. The van der Waals surface area contributed by atoms with E-state index in [-0.39, 0.29) is 18.2 Å². The van der Waals surface area contributed by atoms with Crippen molar-refractivity contribution in [3.8, 4) is 0 Å². The quantitative estimate of drug-likeness (QED) is 0.761. The molecule has 0 amide bonds. The molecule has 0 aromatic rings. The summed E-state index contributed by atoms with van der Waals surface area (Å²) in [6.07, 6.45) is -4.70. The zero-order chi connectivity index (χ0) is 12.8. The summed E-state index contributed by atoms with van der Waals surface area (Å²) >= 11 is 0. The Morgan fingerprint density at radius 3 is 2.12 bits per heavy atom. The molecular formula is C9H18F3NO2S. The molecule has 1 atom stereocenters. The number of hydrogen-bond acceptors (Lipinski definition) is 3. The maximum absolute atomic E-state index is 11.8. The average Bonchev–Trinajstić information content (AvgIpc) is 1.99. The van der Waals surface area contributed by atoms with E-state index < -0.39 is 28.2 Å². The Bertz CT molecular complexity index is 286. The fraction of sp³-hybridized carbons (Fsp3) is 1.00. The van der Waals surface area contributed by atoms with Gasteiger partial charge in [0.15, 0.2) is 0 Å². The van der Waals surface area contributed by atoms with Gasteiger partial charge in [0.25, 0.3) is 0 Å². The van der Waals surface area contributed by atoms with Crippen molar-refractivity contribution in [3.05, 3.63) is 0 Å². The van der Waals surface area contributed by atoms with Gasteiger partial charge >= 0.3 is 6.18 Å². The van der Waals surface area contributed by atoms with Crippen LogP contribution in [0.25, 0.3) is 0 Å². The minimum Gasteiger partial charge on any atom is -0.328 e. The van der Waals surface area contributed by atoms with E-state index in [1.54, 1.807) is 6.92 Å². The topological polar surface area (TPSA) is 60.2 Å². The molecular weight excluding hydrogens is 243 g/mol. The molecule has 0 aromatic heterocycles. The lowest BCUT2D eigenvalue weighted by Crippen LogP contribution is -2.18. The van der Waals surface area contributed by atoms with Gasteiger partial charge in [-0.1, -0.05) is 0 Å². The fourth-order valence-electron chi connectivity index (χ4n) is 1.22. The highest BCUT2D eigenvalue weighted by Gasteiger charge is 2.27. The van der Waals surface area contributed by atoms with Gasteiger partial charge in [-0.2, -0.15) is 13.2 Å². The van der Waals surface area contributed by atoms with Gasteiger partial charge in [-0.15, -0.1) is 0 Å². The second-order valence-corrected chi connectivity index (χ2v) is 6.29. The summed E-state index contributed by atoms with van der Waals surface area (Å²) in [4.78, 5) is 0. The summed E-state index contributed by atoms with van der Waals surface area (Å²) in [5.41, 5.74) is 5.44. The molecule has 3 nitrogen and oxygen atoms in total. The van der Waals surface area contributed by atoms with Gasteiger partial charge in [0.05, 0.1) is 11.5 Å². The van der Waals surface area contributed by atoms with E-state index in [9.17, 15) is 21.6 Å². The molecule has 0 spiro atoms. The van der Waals surface area contributed by atoms with E-state index in [0.29, 0.717) is 12.8 Å². The fourth-order valence-corrected chi connectivity index (χ4v) is 2.61. The largest absolute Gasteiger partial charge is 0.389 e. The molecule has 0 aromatic carbocycles. The van der Waals surface area contributed by atoms with Crippen molar-refractivity contribution < 1.29 is 21.6 Å². The minimum atomic E-state index is -4.28. The molecule has 2 N–H and O–H groups in total. The van der Waals surface area contributed by atoms with Crippen molar-refractivity contribution in [3.63, 3.8) is 0 Å². The number of halogens is 3. The van der Waals surface area contributed by atoms with Crippen molar-refractivity contribution in [1.29, 1.82) is 0 Å². The molecule has 0 saturated carbocycles.